The first-order valence-electron chi connectivity index (χ1n) is 6.98. The van der Waals surface area contributed by atoms with E-state index in [1.54, 1.807) is 18.2 Å². The maximum absolute atomic E-state index is 10.9. The van der Waals surface area contributed by atoms with Crippen LogP contribution in [0.3, 0.4) is 0 Å². The summed E-state index contributed by atoms with van der Waals surface area (Å²) < 4.78 is 5.54. The fourth-order valence-electron chi connectivity index (χ4n) is 1.94. The number of nitrogens with one attached hydrogen (secondary N) is 1. The molecule has 0 aliphatic heterocycles. The van der Waals surface area contributed by atoms with Crippen molar-refractivity contribution < 1.29 is 14.6 Å². The van der Waals surface area contributed by atoms with Crippen LogP contribution in [0.1, 0.15) is 22.8 Å². The second-order valence-corrected chi connectivity index (χ2v) is 4.66. The summed E-state index contributed by atoms with van der Waals surface area (Å²) in [7, 11) is 0. The molecule has 21 heavy (non-hydrogen) atoms. The van der Waals surface area contributed by atoms with E-state index in [1.165, 1.54) is 11.6 Å². The van der Waals surface area contributed by atoms with Crippen LogP contribution in [0.4, 0.5) is 5.69 Å². The molecule has 2 rings (SSSR count). The first kappa shape index (κ1) is 14.9. The van der Waals surface area contributed by atoms with Gasteiger partial charge in [0.1, 0.15) is 12.4 Å². The molecule has 0 heterocycles. The lowest BCUT2D eigenvalue weighted by molar-refractivity contribution is 0.0696. The molecule has 2 N–H and O–H groups in total. The molecule has 0 bridgehead atoms. The van der Waals surface area contributed by atoms with Gasteiger partial charge in [-0.3, -0.25) is 0 Å². The third kappa shape index (κ3) is 4.53. The van der Waals surface area contributed by atoms with Gasteiger partial charge in [-0.05, 0) is 42.3 Å². The smallest absolute Gasteiger partial charge is 0.335 e. The maximum Gasteiger partial charge on any atom is 0.335 e. The fourth-order valence-corrected chi connectivity index (χ4v) is 1.94. The summed E-state index contributed by atoms with van der Waals surface area (Å²) in [5.74, 6) is -0.382. The Hall–Kier alpha value is -2.49. The molecule has 0 aliphatic carbocycles. The van der Waals surface area contributed by atoms with E-state index in [-0.39, 0.29) is 5.56 Å². The van der Waals surface area contributed by atoms with Crippen molar-refractivity contribution in [3.05, 3.63) is 59.7 Å². The largest absolute Gasteiger partial charge is 0.492 e. The maximum atomic E-state index is 10.9. The van der Waals surface area contributed by atoms with Gasteiger partial charge in [0.05, 0.1) is 5.56 Å². The molecule has 0 fully saturated rings. The summed E-state index contributed by atoms with van der Waals surface area (Å²) in [4.78, 5) is 10.9. The van der Waals surface area contributed by atoms with Gasteiger partial charge in [0.2, 0.25) is 0 Å². The molecule has 110 valence electrons. The van der Waals surface area contributed by atoms with Crippen molar-refractivity contribution in [2.75, 3.05) is 18.5 Å². The second-order valence-electron chi connectivity index (χ2n) is 4.66. The van der Waals surface area contributed by atoms with E-state index in [1.807, 2.05) is 12.1 Å². The predicted molar refractivity (Wildman–Crippen MR) is 83.2 cm³/mol. The Morgan fingerprint density at radius 1 is 1.19 bits per heavy atom. The number of benzene rings is 2. The van der Waals surface area contributed by atoms with Crippen LogP contribution in [-0.2, 0) is 6.42 Å². The predicted octanol–water partition coefficient (Wildman–Crippen LogP) is 3.44. The zero-order valence-electron chi connectivity index (χ0n) is 12.0. The number of rotatable bonds is 7. The number of aromatic carboxylic acids is 1. The topological polar surface area (TPSA) is 58.6 Å². The van der Waals surface area contributed by atoms with E-state index in [0.29, 0.717) is 18.9 Å². The zero-order valence-corrected chi connectivity index (χ0v) is 12.0. The van der Waals surface area contributed by atoms with Gasteiger partial charge in [0.15, 0.2) is 0 Å². The Kier molecular flexibility index (Phi) is 5.21. The lowest BCUT2D eigenvalue weighted by atomic mass is 10.1. The minimum Gasteiger partial charge on any atom is -0.492 e. The number of hydrogen-bond acceptors (Lipinski definition) is 3. The fraction of sp³-hybridized carbons (Fsp3) is 0.235. The number of aryl methyl sites for hydroxylation is 1. The summed E-state index contributed by atoms with van der Waals surface area (Å²) in [6, 6.07) is 14.8. The Labute approximate surface area is 124 Å². The monoisotopic (exact) mass is 285 g/mol. The molecule has 0 radical (unpaired) electrons. The molecular weight excluding hydrogens is 266 g/mol. The summed E-state index contributed by atoms with van der Waals surface area (Å²) in [5, 5.41) is 12.2. The van der Waals surface area contributed by atoms with Crippen LogP contribution in [0.15, 0.2) is 48.5 Å². The number of hydrogen-bond donors (Lipinski definition) is 2. The minimum atomic E-state index is -0.949. The molecule has 0 aromatic heterocycles. The quantitative estimate of drug-likeness (QED) is 0.765. The Bertz CT molecular complexity index is 593. The lowest BCUT2D eigenvalue weighted by Gasteiger charge is -2.09. The zero-order chi connectivity index (χ0) is 15.1. The van der Waals surface area contributed by atoms with Gasteiger partial charge >= 0.3 is 5.97 Å². The number of carboxylic acid groups (broad SMARTS) is 1. The van der Waals surface area contributed by atoms with Crippen molar-refractivity contribution in [3.63, 3.8) is 0 Å². The number of anilines is 1. The highest BCUT2D eigenvalue weighted by Gasteiger charge is 2.03. The molecule has 0 aliphatic rings. The summed E-state index contributed by atoms with van der Waals surface area (Å²) >= 11 is 0. The van der Waals surface area contributed by atoms with Crippen LogP contribution in [0.25, 0.3) is 0 Å². The summed E-state index contributed by atoms with van der Waals surface area (Å²) in [5.41, 5.74) is 2.59. The third-order valence-electron chi connectivity index (χ3n) is 3.14. The molecule has 0 amide bonds. The van der Waals surface area contributed by atoms with Crippen molar-refractivity contribution in [1.82, 2.24) is 0 Å². The van der Waals surface area contributed by atoms with Crippen molar-refractivity contribution in [3.8, 4) is 5.75 Å². The van der Waals surface area contributed by atoms with Gasteiger partial charge in [-0.2, -0.15) is 0 Å². The number of carbonyl (C=O) groups is 1. The molecule has 0 spiro atoms. The Morgan fingerprint density at radius 3 is 2.62 bits per heavy atom. The minimum absolute atomic E-state index is 0.232. The molecule has 0 saturated carbocycles. The van der Waals surface area contributed by atoms with Gasteiger partial charge in [-0.15, -0.1) is 0 Å². The molecule has 0 unspecified atom stereocenters. The van der Waals surface area contributed by atoms with Crippen LogP contribution in [0.2, 0.25) is 0 Å². The van der Waals surface area contributed by atoms with Crippen molar-refractivity contribution in [2.24, 2.45) is 0 Å². The average molecular weight is 285 g/mol. The average Bonchev–Trinajstić information content (AvgIpc) is 2.52. The van der Waals surface area contributed by atoms with Gasteiger partial charge in [-0.1, -0.05) is 25.1 Å². The van der Waals surface area contributed by atoms with Crippen molar-refractivity contribution in [2.45, 2.75) is 13.3 Å². The van der Waals surface area contributed by atoms with Gasteiger partial charge in [-0.25, -0.2) is 4.79 Å². The number of ether oxygens (including phenoxy) is 1. The normalized spacial score (nSPS) is 10.1. The van der Waals surface area contributed by atoms with Crippen LogP contribution in [-0.4, -0.2) is 24.2 Å². The molecular formula is C17H19NO3. The SMILES string of the molecule is CCc1ccc(NCCOc2cccc(C(=O)O)c2)cc1. The van der Waals surface area contributed by atoms with E-state index >= 15 is 0 Å². The molecule has 4 nitrogen and oxygen atoms in total. The van der Waals surface area contributed by atoms with Crippen molar-refractivity contribution >= 4 is 11.7 Å². The van der Waals surface area contributed by atoms with Crippen LogP contribution >= 0.6 is 0 Å². The molecule has 0 saturated heterocycles. The first-order valence-corrected chi connectivity index (χ1v) is 6.98. The molecule has 2 aromatic rings. The van der Waals surface area contributed by atoms with E-state index < -0.39 is 5.97 Å². The van der Waals surface area contributed by atoms with E-state index in [2.05, 4.69) is 24.4 Å². The molecule has 4 heteroatoms. The standard InChI is InChI=1S/C17H19NO3/c1-2-13-6-8-15(9-7-13)18-10-11-21-16-5-3-4-14(12-16)17(19)20/h3-9,12,18H,2,10-11H2,1H3,(H,19,20). The van der Waals surface area contributed by atoms with Crippen LogP contribution < -0.4 is 10.1 Å². The van der Waals surface area contributed by atoms with Crippen LogP contribution in [0.5, 0.6) is 5.75 Å². The van der Waals surface area contributed by atoms with Crippen molar-refractivity contribution in [1.29, 1.82) is 0 Å². The first-order chi connectivity index (χ1) is 10.2. The third-order valence-corrected chi connectivity index (χ3v) is 3.14. The van der Waals surface area contributed by atoms with E-state index in [0.717, 1.165) is 12.1 Å². The van der Waals surface area contributed by atoms with E-state index in [9.17, 15) is 4.79 Å². The molecule has 0 atom stereocenters. The highest BCUT2D eigenvalue weighted by molar-refractivity contribution is 5.87. The highest BCUT2D eigenvalue weighted by Crippen LogP contribution is 2.13. The lowest BCUT2D eigenvalue weighted by Crippen LogP contribution is -2.11. The van der Waals surface area contributed by atoms with Gasteiger partial charge < -0.3 is 15.2 Å². The Balaban J connectivity index is 1.78. The summed E-state index contributed by atoms with van der Waals surface area (Å²) in [6.45, 7) is 3.25. The van der Waals surface area contributed by atoms with Gasteiger partial charge in [0, 0.05) is 12.2 Å². The Morgan fingerprint density at radius 2 is 1.95 bits per heavy atom. The second kappa shape index (κ2) is 7.33. The highest BCUT2D eigenvalue weighted by atomic mass is 16.5. The van der Waals surface area contributed by atoms with Gasteiger partial charge in [0.25, 0.3) is 0 Å². The summed E-state index contributed by atoms with van der Waals surface area (Å²) in [6.07, 6.45) is 1.03. The molecule has 2 aromatic carbocycles. The number of carboxylic acids is 1. The van der Waals surface area contributed by atoms with Crippen LogP contribution in [0, 0.1) is 0 Å². The van der Waals surface area contributed by atoms with E-state index in [4.69, 9.17) is 9.84 Å².